The van der Waals surface area contributed by atoms with Gasteiger partial charge >= 0.3 is 0 Å². The van der Waals surface area contributed by atoms with Gasteiger partial charge in [-0.1, -0.05) is 50.6 Å². The van der Waals surface area contributed by atoms with E-state index in [9.17, 15) is 0 Å². The first-order valence-corrected chi connectivity index (χ1v) is 7.33. The van der Waals surface area contributed by atoms with Crippen molar-refractivity contribution in [2.45, 2.75) is 54.4 Å². The maximum Gasteiger partial charge on any atom is 0.0187 e. The number of allylic oxidation sites excluding steroid dienone is 4. The molecular formula is C16H28S. The first kappa shape index (κ1) is 16.6. The lowest BCUT2D eigenvalue weighted by atomic mass is 9.86. The molecule has 98 valence electrons. The molecule has 0 amide bonds. The fourth-order valence-electron chi connectivity index (χ4n) is 1.62. The quantitative estimate of drug-likeness (QED) is 0.525. The number of thioether (sulfide) groups is 1. The minimum atomic E-state index is 0.370. The third-order valence-corrected chi connectivity index (χ3v) is 3.80. The summed E-state index contributed by atoms with van der Waals surface area (Å²) in [6, 6.07) is 0. The molecular weight excluding hydrogens is 224 g/mol. The van der Waals surface area contributed by atoms with Crippen LogP contribution in [0.3, 0.4) is 0 Å². The van der Waals surface area contributed by atoms with Gasteiger partial charge in [0.15, 0.2) is 0 Å². The van der Waals surface area contributed by atoms with Crippen molar-refractivity contribution in [3.05, 3.63) is 34.8 Å². The molecule has 0 nitrogen and oxygen atoms in total. The monoisotopic (exact) mass is 252 g/mol. The number of rotatable bonds is 6. The van der Waals surface area contributed by atoms with E-state index in [1.165, 1.54) is 16.1 Å². The molecule has 17 heavy (non-hydrogen) atoms. The van der Waals surface area contributed by atoms with Crippen molar-refractivity contribution in [1.82, 2.24) is 0 Å². The summed E-state index contributed by atoms with van der Waals surface area (Å²) in [7, 11) is 0. The lowest BCUT2D eigenvalue weighted by Crippen LogP contribution is -2.07. The van der Waals surface area contributed by atoms with Crippen LogP contribution in [0.4, 0.5) is 0 Å². The standard InChI is InChI=1S/C16H28S/c1-8-14(4)17-12-13(3)10-15(9-2)11-16(5,6)7/h8-9H,3,10-12H2,1-2,4-7H3/b14-8+,15-9+. The topological polar surface area (TPSA) is 0 Å². The summed E-state index contributed by atoms with van der Waals surface area (Å²) in [6.45, 7) is 17.4. The van der Waals surface area contributed by atoms with E-state index in [2.05, 4.69) is 60.3 Å². The van der Waals surface area contributed by atoms with Crippen LogP contribution < -0.4 is 0 Å². The Kier molecular flexibility index (Phi) is 7.61. The molecule has 0 aromatic carbocycles. The fraction of sp³-hybridized carbons (Fsp3) is 0.625. The van der Waals surface area contributed by atoms with Gasteiger partial charge in [-0.25, -0.2) is 0 Å². The van der Waals surface area contributed by atoms with Gasteiger partial charge in [-0.05, 0) is 43.9 Å². The van der Waals surface area contributed by atoms with Gasteiger partial charge in [0.2, 0.25) is 0 Å². The second kappa shape index (κ2) is 7.81. The molecule has 0 fully saturated rings. The molecule has 0 spiro atoms. The van der Waals surface area contributed by atoms with Crippen molar-refractivity contribution >= 4 is 11.8 Å². The van der Waals surface area contributed by atoms with Crippen LogP contribution in [0.5, 0.6) is 0 Å². The normalized spacial score (nSPS) is 14.0. The maximum absolute atomic E-state index is 4.19. The van der Waals surface area contributed by atoms with Crippen molar-refractivity contribution in [3.63, 3.8) is 0 Å². The third-order valence-electron chi connectivity index (χ3n) is 2.55. The van der Waals surface area contributed by atoms with Crippen LogP contribution in [0.15, 0.2) is 34.8 Å². The zero-order valence-corrected chi connectivity index (χ0v) is 13.2. The van der Waals surface area contributed by atoms with Crippen LogP contribution in [0, 0.1) is 5.41 Å². The van der Waals surface area contributed by atoms with Crippen LogP contribution in [0.25, 0.3) is 0 Å². The summed E-state index contributed by atoms with van der Waals surface area (Å²) >= 11 is 1.89. The molecule has 1 heteroatoms. The molecule has 0 aliphatic carbocycles. The molecule has 0 aromatic rings. The molecule has 0 saturated heterocycles. The zero-order valence-electron chi connectivity index (χ0n) is 12.4. The van der Waals surface area contributed by atoms with Crippen LogP contribution in [-0.4, -0.2) is 5.75 Å². The summed E-state index contributed by atoms with van der Waals surface area (Å²) in [5.74, 6) is 1.04. The lowest BCUT2D eigenvalue weighted by Gasteiger charge is -2.21. The first-order chi connectivity index (χ1) is 7.78. The number of hydrogen-bond donors (Lipinski definition) is 0. The summed E-state index contributed by atoms with van der Waals surface area (Å²) in [5, 5.41) is 0. The first-order valence-electron chi connectivity index (χ1n) is 6.35. The van der Waals surface area contributed by atoms with Gasteiger partial charge in [-0.2, -0.15) is 0 Å². The van der Waals surface area contributed by atoms with Crippen molar-refractivity contribution in [3.8, 4) is 0 Å². The Labute approximate surface area is 112 Å². The highest BCUT2D eigenvalue weighted by Gasteiger charge is 2.13. The van der Waals surface area contributed by atoms with Gasteiger partial charge in [0.1, 0.15) is 0 Å². The van der Waals surface area contributed by atoms with Crippen molar-refractivity contribution < 1.29 is 0 Å². The maximum atomic E-state index is 4.19. The van der Waals surface area contributed by atoms with Crippen molar-refractivity contribution in [2.24, 2.45) is 5.41 Å². The molecule has 0 N–H and O–H groups in total. The van der Waals surface area contributed by atoms with E-state index in [1.807, 2.05) is 11.8 Å². The Balaban J connectivity index is 4.18. The van der Waals surface area contributed by atoms with Crippen LogP contribution in [0.1, 0.15) is 54.4 Å². The van der Waals surface area contributed by atoms with Gasteiger partial charge < -0.3 is 0 Å². The second-order valence-electron chi connectivity index (χ2n) is 5.80. The molecule has 0 aromatic heterocycles. The van der Waals surface area contributed by atoms with Crippen LogP contribution in [-0.2, 0) is 0 Å². The summed E-state index contributed by atoms with van der Waals surface area (Å²) in [6.07, 6.45) is 6.63. The highest BCUT2D eigenvalue weighted by atomic mass is 32.2. The van der Waals surface area contributed by atoms with E-state index in [4.69, 9.17) is 0 Å². The highest BCUT2D eigenvalue weighted by molar-refractivity contribution is 8.03. The van der Waals surface area contributed by atoms with Gasteiger partial charge in [-0.15, -0.1) is 11.8 Å². The SMILES string of the molecule is C=C(CS/C(C)=C/C)C/C(=C\C)CC(C)(C)C. The molecule has 0 aliphatic heterocycles. The second-order valence-corrected chi connectivity index (χ2v) is 7.02. The molecule has 0 radical (unpaired) electrons. The zero-order chi connectivity index (χ0) is 13.5. The van der Waals surface area contributed by atoms with Crippen molar-refractivity contribution in [2.75, 3.05) is 5.75 Å². The molecule has 0 atom stereocenters. The van der Waals surface area contributed by atoms with Crippen molar-refractivity contribution in [1.29, 1.82) is 0 Å². The number of hydrogen-bond acceptors (Lipinski definition) is 1. The van der Waals surface area contributed by atoms with E-state index >= 15 is 0 Å². The molecule has 0 saturated carbocycles. The van der Waals surface area contributed by atoms with E-state index in [1.54, 1.807) is 0 Å². The predicted molar refractivity (Wildman–Crippen MR) is 83.5 cm³/mol. The smallest absolute Gasteiger partial charge is 0.0187 e. The van der Waals surface area contributed by atoms with E-state index in [-0.39, 0.29) is 0 Å². The van der Waals surface area contributed by atoms with Gasteiger partial charge in [0.05, 0.1) is 0 Å². The largest absolute Gasteiger partial charge is 0.127 e. The Morgan fingerprint density at radius 3 is 2.18 bits per heavy atom. The summed E-state index contributed by atoms with van der Waals surface area (Å²) in [4.78, 5) is 1.38. The average Bonchev–Trinajstić information content (AvgIpc) is 2.22. The molecule has 0 aliphatic rings. The summed E-state index contributed by atoms with van der Waals surface area (Å²) in [5.41, 5.74) is 3.21. The molecule has 0 rings (SSSR count). The van der Waals surface area contributed by atoms with E-state index in [0.29, 0.717) is 5.41 Å². The Hall–Kier alpha value is -0.430. The average molecular weight is 252 g/mol. The molecule has 0 heterocycles. The Bertz CT molecular complexity index is 300. The van der Waals surface area contributed by atoms with Gasteiger partial charge in [0.25, 0.3) is 0 Å². The highest BCUT2D eigenvalue weighted by Crippen LogP contribution is 2.29. The van der Waals surface area contributed by atoms with Crippen LogP contribution in [0.2, 0.25) is 0 Å². The lowest BCUT2D eigenvalue weighted by molar-refractivity contribution is 0.406. The van der Waals surface area contributed by atoms with Crippen LogP contribution >= 0.6 is 11.8 Å². The predicted octanol–water partition coefficient (Wildman–Crippen LogP) is 5.97. The fourth-order valence-corrected chi connectivity index (χ4v) is 2.32. The Morgan fingerprint density at radius 2 is 1.76 bits per heavy atom. The van der Waals surface area contributed by atoms with Gasteiger partial charge in [0, 0.05) is 5.75 Å². The van der Waals surface area contributed by atoms with E-state index < -0.39 is 0 Å². The molecule has 0 bridgehead atoms. The molecule has 0 unspecified atom stereocenters. The third kappa shape index (κ3) is 9.29. The minimum Gasteiger partial charge on any atom is -0.127 e. The Morgan fingerprint density at radius 1 is 1.18 bits per heavy atom. The summed E-state index contributed by atoms with van der Waals surface area (Å²) < 4.78 is 0. The van der Waals surface area contributed by atoms with Gasteiger partial charge in [-0.3, -0.25) is 0 Å². The minimum absolute atomic E-state index is 0.370. The van der Waals surface area contributed by atoms with E-state index in [0.717, 1.165) is 18.6 Å².